The lowest BCUT2D eigenvalue weighted by molar-refractivity contribution is 0.681. The van der Waals surface area contributed by atoms with Gasteiger partial charge in [-0.15, -0.1) is 22.7 Å². The first kappa shape index (κ1) is 11.0. The van der Waals surface area contributed by atoms with Gasteiger partial charge in [-0.25, -0.2) is 4.98 Å². The van der Waals surface area contributed by atoms with E-state index in [1.54, 1.807) is 11.3 Å². The molecule has 0 radical (unpaired) electrons. The molecule has 3 nitrogen and oxygen atoms in total. The van der Waals surface area contributed by atoms with Crippen molar-refractivity contribution in [2.75, 3.05) is 6.54 Å². The van der Waals surface area contributed by atoms with Gasteiger partial charge in [-0.1, -0.05) is 6.07 Å². The van der Waals surface area contributed by atoms with Crippen molar-refractivity contribution in [1.29, 1.82) is 0 Å². The molecule has 0 aliphatic heterocycles. The number of thiazole rings is 1. The third kappa shape index (κ3) is 2.57. The van der Waals surface area contributed by atoms with E-state index in [0.29, 0.717) is 0 Å². The molecule has 3 rings (SSSR count). The Morgan fingerprint density at radius 1 is 1.29 bits per heavy atom. The van der Waals surface area contributed by atoms with Crippen LogP contribution in [0.3, 0.4) is 0 Å². The molecule has 0 amide bonds. The van der Waals surface area contributed by atoms with Crippen LogP contribution in [0, 0.1) is 0 Å². The van der Waals surface area contributed by atoms with E-state index in [1.807, 2.05) is 17.5 Å². The molecular formula is C12H13N3S2. The quantitative estimate of drug-likeness (QED) is 0.717. The van der Waals surface area contributed by atoms with Gasteiger partial charge in [0.25, 0.3) is 0 Å². The van der Waals surface area contributed by atoms with Crippen LogP contribution in [0.1, 0.15) is 10.6 Å². The lowest BCUT2D eigenvalue weighted by atomic mass is 10.3. The van der Waals surface area contributed by atoms with Crippen molar-refractivity contribution in [1.82, 2.24) is 14.7 Å². The van der Waals surface area contributed by atoms with E-state index in [2.05, 4.69) is 43.8 Å². The fraction of sp³-hybridized carbons (Fsp3) is 0.250. The zero-order valence-corrected chi connectivity index (χ0v) is 10.9. The Bertz CT molecular complexity index is 551. The minimum atomic E-state index is 0.847. The molecule has 88 valence electrons. The average molecular weight is 263 g/mol. The summed E-state index contributed by atoms with van der Waals surface area (Å²) in [7, 11) is 0. The highest BCUT2D eigenvalue weighted by atomic mass is 32.1. The van der Waals surface area contributed by atoms with Gasteiger partial charge >= 0.3 is 0 Å². The maximum Gasteiger partial charge on any atom is 0.193 e. The Labute approximate surface area is 108 Å². The molecule has 0 bridgehead atoms. The summed E-state index contributed by atoms with van der Waals surface area (Å²) in [6.45, 7) is 1.85. The summed E-state index contributed by atoms with van der Waals surface area (Å²) in [5, 5.41) is 7.60. The summed E-state index contributed by atoms with van der Waals surface area (Å²) in [5.41, 5.74) is 1.11. The molecule has 1 N–H and O–H groups in total. The van der Waals surface area contributed by atoms with Crippen molar-refractivity contribution in [3.8, 4) is 0 Å². The molecule has 0 unspecified atom stereocenters. The van der Waals surface area contributed by atoms with E-state index in [1.165, 1.54) is 4.88 Å². The molecule has 0 aliphatic rings. The van der Waals surface area contributed by atoms with E-state index in [4.69, 9.17) is 0 Å². The SMILES string of the molecule is c1csc(CCNCc2cn3ccsc3n2)c1. The van der Waals surface area contributed by atoms with Crippen LogP contribution < -0.4 is 5.32 Å². The van der Waals surface area contributed by atoms with Crippen molar-refractivity contribution >= 4 is 27.6 Å². The topological polar surface area (TPSA) is 29.3 Å². The number of hydrogen-bond acceptors (Lipinski definition) is 4. The number of nitrogens with zero attached hydrogens (tertiary/aromatic N) is 2. The third-order valence-electron chi connectivity index (χ3n) is 2.58. The van der Waals surface area contributed by atoms with E-state index >= 15 is 0 Å². The minimum absolute atomic E-state index is 0.847. The number of thiophene rings is 1. The fourth-order valence-electron chi connectivity index (χ4n) is 1.74. The van der Waals surface area contributed by atoms with Gasteiger partial charge in [-0.05, 0) is 17.9 Å². The van der Waals surface area contributed by atoms with Crippen molar-refractivity contribution in [3.05, 3.63) is 45.9 Å². The molecule has 0 aliphatic carbocycles. The first-order valence-electron chi connectivity index (χ1n) is 5.56. The molecule has 3 aromatic heterocycles. The lowest BCUT2D eigenvalue weighted by Crippen LogP contribution is -2.16. The van der Waals surface area contributed by atoms with Crippen LogP contribution in [-0.2, 0) is 13.0 Å². The van der Waals surface area contributed by atoms with E-state index in [9.17, 15) is 0 Å². The molecule has 17 heavy (non-hydrogen) atoms. The fourth-order valence-corrected chi connectivity index (χ4v) is 3.17. The standard InChI is InChI=1S/C12H13N3S2/c1-2-11(16-6-1)3-4-13-8-10-9-15-5-7-17-12(15)14-10/h1-2,5-7,9,13H,3-4,8H2. The van der Waals surface area contributed by atoms with Gasteiger partial charge < -0.3 is 5.32 Å². The second kappa shape index (κ2) is 5.00. The third-order valence-corrected chi connectivity index (χ3v) is 4.28. The van der Waals surface area contributed by atoms with Crippen LogP contribution in [0.2, 0.25) is 0 Å². The van der Waals surface area contributed by atoms with Gasteiger partial charge in [-0.3, -0.25) is 4.40 Å². The summed E-state index contributed by atoms with van der Waals surface area (Å²) >= 11 is 3.49. The van der Waals surface area contributed by atoms with E-state index < -0.39 is 0 Å². The summed E-state index contributed by atoms with van der Waals surface area (Å²) in [5.74, 6) is 0. The average Bonchev–Trinajstić information content (AvgIpc) is 3.00. The number of aromatic nitrogens is 2. The Kier molecular flexibility index (Phi) is 3.22. The van der Waals surface area contributed by atoms with E-state index in [-0.39, 0.29) is 0 Å². The molecule has 3 heterocycles. The summed E-state index contributed by atoms with van der Waals surface area (Å²) in [6.07, 6.45) is 5.23. The van der Waals surface area contributed by atoms with Crippen LogP contribution in [0.25, 0.3) is 4.96 Å². The molecule has 0 spiro atoms. The van der Waals surface area contributed by atoms with Crippen molar-refractivity contribution in [2.45, 2.75) is 13.0 Å². The highest BCUT2D eigenvalue weighted by Gasteiger charge is 2.01. The van der Waals surface area contributed by atoms with Crippen LogP contribution in [-0.4, -0.2) is 15.9 Å². The van der Waals surface area contributed by atoms with Crippen LogP contribution >= 0.6 is 22.7 Å². The van der Waals surface area contributed by atoms with Crippen LogP contribution in [0.4, 0.5) is 0 Å². The van der Waals surface area contributed by atoms with Crippen LogP contribution in [0.15, 0.2) is 35.3 Å². The normalized spacial score (nSPS) is 11.3. The number of rotatable bonds is 5. The first-order chi connectivity index (χ1) is 8.42. The van der Waals surface area contributed by atoms with Gasteiger partial charge in [0.15, 0.2) is 4.96 Å². The Balaban J connectivity index is 1.49. The molecule has 0 fully saturated rings. The van der Waals surface area contributed by atoms with Gasteiger partial charge in [0, 0.05) is 35.7 Å². The zero-order valence-electron chi connectivity index (χ0n) is 9.30. The largest absolute Gasteiger partial charge is 0.311 e. The predicted octanol–water partition coefficient (Wildman–Crippen LogP) is 2.79. The number of hydrogen-bond donors (Lipinski definition) is 1. The molecule has 0 aromatic carbocycles. The molecule has 5 heteroatoms. The Morgan fingerprint density at radius 2 is 2.29 bits per heavy atom. The minimum Gasteiger partial charge on any atom is -0.311 e. The molecule has 0 saturated carbocycles. The highest BCUT2D eigenvalue weighted by Crippen LogP contribution is 2.11. The Hall–Kier alpha value is -1.17. The van der Waals surface area contributed by atoms with Gasteiger partial charge in [-0.2, -0.15) is 0 Å². The maximum absolute atomic E-state index is 4.53. The molecule has 0 saturated heterocycles. The van der Waals surface area contributed by atoms with Crippen molar-refractivity contribution < 1.29 is 0 Å². The van der Waals surface area contributed by atoms with Crippen molar-refractivity contribution in [2.24, 2.45) is 0 Å². The first-order valence-corrected chi connectivity index (χ1v) is 7.32. The predicted molar refractivity (Wildman–Crippen MR) is 72.8 cm³/mol. The number of nitrogens with one attached hydrogen (secondary N) is 1. The second-order valence-electron chi connectivity index (χ2n) is 3.83. The monoisotopic (exact) mass is 263 g/mol. The second-order valence-corrected chi connectivity index (χ2v) is 5.74. The zero-order chi connectivity index (χ0) is 11.5. The Morgan fingerprint density at radius 3 is 3.12 bits per heavy atom. The lowest BCUT2D eigenvalue weighted by Gasteiger charge is -2.00. The van der Waals surface area contributed by atoms with Gasteiger partial charge in [0.2, 0.25) is 0 Å². The highest BCUT2D eigenvalue weighted by molar-refractivity contribution is 7.15. The summed E-state index contributed by atoms with van der Waals surface area (Å²) < 4.78 is 2.07. The summed E-state index contributed by atoms with van der Waals surface area (Å²) in [4.78, 5) is 7.03. The molecule has 3 aromatic rings. The van der Waals surface area contributed by atoms with Gasteiger partial charge in [0.05, 0.1) is 5.69 Å². The van der Waals surface area contributed by atoms with Crippen molar-refractivity contribution in [3.63, 3.8) is 0 Å². The number of fused-ring (bicyclic) bond motifs is 1. The maximum atomic E-state index is 4.53. The smallest absolute Gasteiger partial charge is 0.193 e. The number of imidazole rings is 1. The molecule has 0 atom stereocenters. The van der Waals surface area contributed by atoms with Gasteiger partial charge in [0.1, 0.15) is 0 Å². The van der Waals surface area contributed by atoms with E-state index in [0.717, 1.165) is 30.2 Å². The summed E-state index contributed by atoms with van der Waals surface area (Å²) in [6, 6.07) is 4.28. The van der Waals surface area contributed by atoms with Crippen LogP contribution in [0.5, 0.6) is 0 Å². The molecular weight excluding hydrogens is 250 g/mol.